The van der Waals surface area contributed by atoms with E-state index in [9.17, 15) is 4.79 Å². The van der Waals surface area contributed by atoms with Crippen LogP contribution in [0.3, 0.4) is 0 Å². The van der Waals surface area contributed by atoms with Gasteiger partial charge in [0.2, 0.25) is 0 Å². The summed E-state index contributed by atoms with van der Waals surface area (Å²) < 4.78 is 5.26. The summed E-state index contributed by atoms with van der Waals surface area (Å²) in [6.07, 6.45) is 6.75. The van der Waals surface area contributed by atoms with E-state index >= 15 is 0 Å². The first kappa shape index (κ1) is 17.4. The molecule has 0 amide bonds. The van der Waals surface area contributed by atoms with E-state index in [1.165, 1.54) is 28.6 Å². The molecule has 134 valence electrons. The molecule has 0 atom stereocenters. The molecule has 1 aliphatic carbocycles. The lowest BCUT2D eigenvalue weighted by Gasteiger charge is -2.09. The van der Waals surface area contributed by atoms with Gasteiger partial charge in [-0.05, 0) is 50.8 Å². The average Bonchev–Trinajstić information content (AvgIpc) is 3.20. The van der Waals surface area contributed by atoms with Crippen molar-refractivity contribution in [3.8, 4) is 11.4 Å². The lowest BCUT2D eigenvalue weighted by molar-refractivity contribution is -0.144. The summed E-state index contributed by atoms with van der Waals surface area (Å²) in [4.78, 5) is 28.1. The van der Waals surface area contributed by atoms with Crippen LogP contribution < -0.4 is 0 Å². The van der Waals surface area contributed by atoms with Gasteiger partial charge in [-0.3, -0.25) is 9.78 Å². The number of aromatic nitrogens is 3. The highest BCUT2D eigenvalue weighted by Gasteiger charge is 2.23. The molecule has 1 aliphatic rings. The average molecular weight is 386 g/mol. The number of carbonyl (C=O) groups is 1. The third-order valence-electron chi connectivity index (χ3n) is 4.15. The summed E-state index contributed by atoms with van der Waals surface area (Å²) in [5.41, 5.74) is 2.25. The Hall–Kier alpha value is -1.99. The molecule has 26 heavy (non-hydrogen) atoms. The van der Waals surface area contributed by atoms with Crippen molar-refractivity contribution < 1.29 is 9.53 Å². The molecule has 0 spiro atoms. The van der Waals surface area contributed by atoms with E-state index in [4.69, 9.17) is 14.7 Å². The molecule has 7 heteroatoms. The molecule has 3 aromatic rings. The molecule has 0 saturated carbocycles. The first-order chi connectivity index (χ1) is 12.6. The second-order valence-electron chi connectivity index (χ2n) is 6.46. The number of thioether (sulfide) groups is 1. The van der Waals surface area contributed by atoms with Gasteiger partial charge in [0.05, 0.1) is 11.9 Å². The maximum Gasteiger partial charge on any atom is 0.316 e. The summed E-state index contributed by atoms with van der Waals surface area (Å²) in [6.45, 7) is 3.72. The van der Waals surface area contributed by atoms with Gasteiger partial charge in [-0.1, -0.05) is 11.8 Å². The molecule has 5 nitrogen and oxygen atoms in total. The summed E-state index contributed by atoms with van der Waals surface area (Å²) >= 11 is 3.19. The monoisotopic (exact) mass is 385 g/mol. The predicted molar refractivity (Wildman–Crippen MR) is 105 cm³/mol. The minimum Gasteiger partial charge on any atom is -0.462 e. The van der Waals surface area contributed by atoms with E-state index in [0.29, 0.717) is 5.82 Å². The molecule has 0 N–H and O–H groups in total. The molecule has 0 fully saturated rings. The fourth-order valence-electron chi connectivity index (χ4n) is 3.12. The van der Waals surface area contributed by atoms with Crippen LogP contribution in [0.5, 0.6) is 0 Å². The number of hydrogen-bond acceptors (Lipinski definition) is 7. The Kier molecular flexibility index (Phi) is 4.91. The van der Waals surface area contributed by atoms with Crippen molar-refractivity contribution >= 4 is 39.3 Å². The zero-order valence-electron chi connectivity index (χ0n) is 14.7. The van der Waals surface area contributed by atoms with Gasteiger partial charge in [0.25, 0.3) is 0 Å². The Morgan fingerprint density at radius 1 is 1.35 bits per heavy atom. The number of esters is 1. The van der Waals surface area contributed by atoms with Crippen molar-refractivity contribution in [3.63, 3.8) is 0 Å². The second kappa shape index (κ2) is 7.32. The molecule has 0 saturated heterocycles. The summed E-state index contributed by atoms with van der Waals surface area (Å²) in [6, 6.07) is 3.83. The lowest BCUT2D eigenvalue weighted by atomic mass is 10.2. The van der Waals surface area contributed by atoms with Crippen LogP contribution in [0.1, 0.15) is 30.7 Å². The van der Waals surface area contributed by atoms with Crippen molar-refractivity contribution in [2.75, 3.05) is 5.75 Å². The normalized spacial score (nSPS) is 13.3. The third kappa shape index (κ3) is 3.46. The second-order valence-corrected chi connectivity index (χ2v) is 8.51. The molecule has 0 aromatic carbocycles. The van der Waals surface area contributed by atoms with Crippen LogP contribution in [0.4, 0.5) is 0 Å². The topological polar surface area (TPSA) is 65.0 Å². The van der Waals surface area contributed by atoms with Gasteiger partial charge in [0, 0.05) is 28.2 Å². The molecule has 0 unspecified atom stereocenters. The van der Waals surface area contributed by atoms with E-state index in [0.717, 1.165) is 33.6 Å². The molecular weight excluding hydrogens is 366 g/mol. The number of rotatable bonds is 5. The number of hydrogen-bond donors (Lipinski definition) is 0. The SMILES string of the molecule is CC(C)OC(=O)CSc1nc(-c2cccnc2)nc2sc3c(c12)CCC3. The number of aryl methyl sites for hydroxylation is 2. The maximum atomic E-state index is 12.0. The number of ether oxygens (including phenoxy) is 1. The van der Waals surface area contributed by atoms with Crippen molar-refractivity contribution in [1.82, 2.24) is 15.0 Å². The van der Waals surface area contributed by atoms with E-state index in [1.54, 1.807) is 23.7 Å². The molecule has 3 heterocycles. The largest absolute Gasteiger partial charge is 0.462 e. The van der Waals surface area contributed by atoms with E-state index < -0.39 is 0 Å². The van der Waals surface area contributed by atoms with Gasteiger partial charge in [-0.15, -0.1) is 11.3 Å². The van der Waals surface area contributed by atoms with E-state index in [1.807, 2.05) is 26.0 Å². The van der Waals surface area contributed by atoms with Gasteiger partial charge < -0.3 is 4.74 Å². The molecule has 4 rings (SSSR count). The Morgan fingerprint density at radius 2 is 2.23 bits per heavy atom. The Labute approximate surface area is 160 Å². The van der Waals surface area contributed by atoms with Gasteiger partial charge in [-0.2, -0.15) is 0 Å². The zero-order valence-corrected chi connectivity index (χ0v) is 16.3. The minimum atomic E-state index is -0.216. The number of carbonyl (C=O) groups excluding carboxylic acids is 1. The standard InChI is InChI=1S/C19H19N3O2S2/c1-11(2)24-15(23)10-25-18-16-13-6-3-7-14(13)26-19(16)22-17(21-18)12-5-4-8-20-9-12/h4-5,8-9,11H,3,6-7,10H2,1-2H3. The van der Waals surface area contributed by atoms with Crippen molar-refractivity contribution in [2.24, 2.45) is 0 Å². The smallest absolute Gasteiger partial charge is 0.316 e. The quantitative estimate of drug-likeness (QED) is 0.371. The maximum absolute atomic E-state index is 12.0. The van der Waals surface area contributed by atoms with Crippen LogP contribution >= 0.6 is 23.1 Å². The molecule has 0 bridgehead atoms. The van der Waals surface area contributed by atoms with Crippen molar-refractivity contribution in [2.45, 2.75) is 44.2 Å². The number of nitrogens with zero attached hydrogens (tertiary/aromatic N) is 3. The number of pyridine rings is 1. The Balaban J connectivity index is 1.74. The summed E-state index contributed by atoms with van der Waals surface area (Å²) in [5.74, 6) is 0.693. The molecular formula is C19H19N3O2S2. The van der Waals surface area contributed by atoms with Crippen LogP contribution in [0.2, 0.25) is 0 Å². The summed E-state index contributed by atoms with van der Waals surface area (Å²) in [5, 5.41) is 1.99. The first-order valence-corrected chi connectivity index (χ1v) is 10.5. The van der Waals surface area contributed by atoms with Crippen LogP contribution in [0.25, 0.3) is 21.6 Å². The van der Waals surface area contributed by atoms with E-state index in [2.05, 4.69) is 4.98 Å². The van der Waals surface area contributed by atoms with E-state index in [-0.39, 0.29) is 17.8 Å². The molecule has 3 aromatic heterocycles. The zero-order chi connectivity index (χ0) is 18.1. The highest BCUT2D eigenvalue weighted by molar-refractivity contribution is 8.00. The van der Waals surface area contributed by atoms with Crippen LogP contribution in [-0.2, 0) is 22.4 Å². The van der Waals surface area contributed by atoms with Gasteiger partial charge in [-0.25, -0.2) is 9.97 Å². The third-order valence-corrected chi connectivity index (χ3v) is 6.28. The molecule has 0 aliphatic heterocycles. The number of thiophene rings is 1. The minimum absolute atomic E-state index is 0.107. The first-order valence-electron chi connectivity index (χ1n) is 8.67. The predicted octanol–water partition coefficient (Wildman–Crippen LogP) is 4.29. The fourth-order valence-corrected chi connectivity index (χ4v) is 5.28. The van der Waals surface area contributed by atoms with Crippen molar-refractivity contribution in [3.05, 3.63) is 35.0 Å². The Bertz CT molecular complexity index is 954. The van der Waals surface area contributed by atoms with Crippen molar-refractivity contribution in [1.29, 1.82) is 0 Å². The van der Waals surface area contributed by atoms with Crippen LogP contribution in [-0.4, -0.2) is 32.8 Å². The highest BCUT2D eigenvalue weighted by Crippen LogP contribution is 2.41. The van der Waals surface area contributed by atoms with Crippen LogP contribution in [0, 0.1) is 0 Å². The number of fused-ring (bicyclic) bond motifs is 3. The van der Waals surface area contributed by atoms with Crippen LogP contribution in [0.15, 0.2) is 29.6 Å². The highest BCUT2D eigenvalue weighted by atomic mass is 32.2. The lowest BCUT2D eigenvalue weighted by Crippen LogP contribution is -2.13. The fraction of sp³-hybridized carbons (Fsp3) is 0.368. The van der Waals surface area contributed by atoms with Gasteiger partial charge in [0.1, 0.15) is 9.86 Å². The van der Waals surface area contributed by atoms with Gasteiger partial charge >= 0.3 is 5.97 Å². The Morgan fingerprint density at radius 3 is 3.00 bits per heavy atom. The van der Waals surface area contributed by atoms with Gasteiger partial charge in [0.15, 0.2) is 5.82 Å². The summed E-state index contributed by atoms with van der Waals surface area (Å²) in [7, 11) is 0. The molecule has 0 radical (unpaired) electrons.